The van der Waals surface area contributed by atoms with E-state index in [0.29, 0.717) is 18.8 Å². The average molecular weight is 252 g/mol. The summed E-state index contributed by atoms with van der Waals surface area (Å²) in [5.74, 6) is 6.95. The molecule has 5 nitrogen and oxygen atoms in total. The highest BCUT2D eigenvalue weighted by molar-refractivity contribution is 7.18. The highest BCUT2D eigenvalue weighted by Gasteiger charge is 2.10. The highest BCUT2D eigenvalue weighted by atomic mass is 32.1. The number of anilines is 1. The average Bonchev–Trinajstić information content (AvgIpc) is 2.78. The first-order chi connectivity index (χ1) is 8.28. The summed E-state index contributed by atoms with van der Waals surface area (Å²) < 4.78 is 5.03. The Balaban J connectivity index is 2.44. The Morgan fingerprint density at radius 3 is 2.94 bits per heavy atom. The van der Waals surface area contributed by atoms with Crippen molar-refractivity contribution in [1.82, 2.24) is 9.97 Å². The molecule has 0 unspecified atom stereocenters. The number of ether oxygens (including phenoxy) is 1. The number of thiophene rings is 1. The first kappa shape index (κ1) is 12.2. The largest absolute Gasteiger partial charge is 0.384 e. The van der Waals surface area contributed by atoms with Crippen LogP contribution in [-0.4, -0.2) is 23.7 Å². The molecular weight excluding hydrogens is 236 g/mol. The molecule has 0 saturated heterocycles. The van der Waals surface area contributed by atoms with E-state index in [1.165, 1.54) is 4.88 Å². The van der Waals surface area contributed by atoms with Crippen LogP contribution in [0.3, 0.4) is 0 Å². The third kappa shape index (κ3) is 2.54. The lowest BCUT2D eigenvalue weighted by Gasteiger charge is -2.04. The lowest BCUT2D eigenvalue weighted by Crippen LogP contribution is -2.11. The van der Waals surface area contributed by atoms with Gasteiger partial charge < -0.3 is 10.2 Å². The fourth-order valence-electron chi connectivity index (χ4n) is 1.60. The smallest absolute Gasteiger partial charge is 0.152 e. The summed E-state index contributed by atoms with van der Waals surface area (Å²) >= 11 is 1.69. The van der Waals surface area contributed by atoms with Gasteiger partial charge in [0.15, 0.2) is 5.82 Å². The molecule has 0 saturated carbocycles. The van der Waals surface area contributed by atoms with Gasteiger partial charge in [0.1, 0.15) is 10.7 Å². The molecular formula is C11H16N4OS. The highest BCUT2D eigenvalue weighted by Crippen LogP contribution is 2.28. The molecule has 2 rings (SSSR count). The number of hydrazine groups is 1. The number of methoxy groups -OCH3 is 1. The van der Waals surface area contributed by atoms with Crippen LogP contribution in [0.25, 0.3) is 10.2 Å². The SMILES string of the molecule is CCc1cc2c(NN)nc(CCOC)nc2s1. The molecule has 0 aliphatic rings. The summed E-state index contributed by atoms with van der Waals surface area (Å²) in [6, 6.07) is 2.09. The zero-order valence-corrected chi connectivity index (χ0v) is 10.8. The van der Waals surface area contributed by atoms with E-state index in [1.807, 2.05) is 0 Å². The minimum atomic E-state index is 0.613. The van der Waals surface area contributed by atoms with E-state index >= 15 is 0 Å². The number of nitrogens with two attached hydrogens (primary N) is 1. The number of nitrogen functional groups attached to an aromatic ring is 1. The van der Waals surface area contributed by atoms with Gasteiger partial charge in [-0.25, -0.2) is 15.8 Å². The number of hydrogen-bond donors (Lipinski definition) is 2. The Morgan fingerprint density at radius 1 is 1.47 bits per heavy atom. The van der Waals surface area contributed by atoms with E-state index in [9.17, 15) is 0 Å². The maximum absolute atomic E-state index is 5.50. The minimum absolute atomic E-state index is 0.613. The standard InChI is InChI=1S/C11H16N4OS/c1-3-7-6-8-10(15-12)13-9(4-5-16-2)14-11(8)17-7/h6H,3-5,12H2,1-2H3,(H,13,14,15). The second-order valence-corrected chi connectivity index (χ2v) is 4.78. The number of aryl methyl sites for hydroxylation is 1. The Hall–Kier alpha value is -1.24. The molecule has 92 valence electrons. The van der Waals surface area contributed by atoms with Crippen molar-refractivity contribution in [3.05, 3.63) is 16.8 Å². The molecule has 0 bridgehead atoms. The van der Waals surface area contributed by atoms with Gasteiger partial charge in [0.25, 0.3) is 0 Å². The van der Waals surface area contributed by atoms with E-state index in [1.54, 1.807) is 18.4 Å². The number of fused-ring (bicyclic) bond motifs is 1. The molecule has 6 heteroatoms. The molecule has 0 aliphatic heterocycles. The van der Waals surface area contributed by atoms with Crippen LogP contribution >= 0.6 is 11.3 Å². The molecule has 0 fully saturated rings. The summed E-state index contributed by atoms with van der Waals surface area (Å²) in [5, 5.41) is 0.996. The molecule has 0 atom stereocenters. The van der Waals surface area contributed by atoms with E-state index in [-0.39, 0.29) is 0 Å². The maximum atomic E-state index is 5.50. The second-order valence-electron chi connectivity index (χ2n) is 3.66. The van der Waals surface area contributed by atoms with Crippen molar-refractivity contribution in [2.45, 2.75) is 19.8 Å². The summed E-state index contributed by atoms with van der Waals surface area (Å²) in [6.07, 6.45) is 1.69. The number of nitrogens with zero attached hydrogens (tertiary/aromatic N) is 2. The van der Waals surface area contributed by atoms with Gasteiger partial charge in [-0.2, -0.15) is 0 Å². The molecule has 2 aromatic heterocycles. The Kier molecular flexibility index (Phi) is 3.88. The number of nitrogens with one attached hydrogen (secondary N) is 1. The second kappa shape index (κ2) is 5.39. The van der Waals surface area contributed by atoms with Gasteiger partial charge >= 0.3 is 0 Å². The topological polar surface area (TPSA) is 73.1 Å². The van der Waals surface area contributed by atoms with Crippen LogP contribution in [0.2, 0.25) is 0 Å². The van der Waals surface area contributed by atoms with Gasteiger partial charge in [0.05, 0.1) is 12.0 Å². The first-order valence-corrected chi connectivity index (χ1v) is 6.35. The summed E-state index contributed by atoms with van der Waals surface area (Å²) in [6.45, 7) is 2.74. The van der Waals surface area contributed by atoms with Gasteiger partial charge in [0, 0.05) is 18.4 Å². The zero-order chi connectivity index (χ0) is 12.3. The molecule has 17 heavy (non-hydrogen) atoms. The fourth-order valence-corrected chi connectivity index (χ4v) is 2.59. The fraction of sp³-hybridized carbons (Fsp3) is 0.455. The van der Waals surface area contributed by atoms with E-state index in [2.05, 4.69) is 28.4 Å². The number of rotatable bonds is 5. The monoisotopic (exact) mass is 252 g/mol. The van der Waals surface area contributed by atoms with E-state index < -0.39 is 0 Å². The molecule has 3 N–H and O–H groups in total. The van der Waals surface area contributed by atoms with Crippen LogP contribution in [0, 0.1) is 0 Å². The summed E-state index contributed by atoms with van der Waals surface area (Å²) in [5.41, 5.74) is 2.64. The third-order valence-electron chi connectivity index (χ3n) is 2.51. The van der Waals surface area contributed by atoms with Crippen LogP contribution in [-0.2, 0) is 17.6 Å². The van der Waals surface area contributed by atoms with Crippen LogP contribution in [0.5, 0.6) is 0 Å². The van der Waals surface area contributed by atoms with E-state index in [4.69, 9.17) is 10.6 Å². The van der Waals surface area contributed by atoms with Crippen LogP contribution in [0.4, 0.5) is 5.82 Å². The van der Waals surface area contributed by atoms with Crippen LogP contribution in [0.1, 0.15) is 17.6 Å². The van der Waals surface area contributed by atoms with E-state index in [0.717, 1.165) is 22.5 Å². The third-order valence-corrected chi connectivity index (χ3v) is 3.68. The Morgan fingerprint density at radius 2 is 2.29 bits per heavy atom. The minimum Gasteiger partial charge on any atom is -0.384 e. The molecule has 0 aliphatic carbocycles. The predicted molar refractivity (Wildman–Crippen MR) is 70.2 cm³/mol. The van der Waals surface area contributed by atoms with Crippen LogP contribution < -0.4 is 11.3 Å². The first-order valence-electron chi connectivity index (χ1n) is 5.53. The van der Waals surface area contributed by atoms with Crippen molar-refractivity contribution in [3.63, 3.8) is 0 Å². The Labute approximate surface area is 104 Å². The molecule has 0 aromatic carbocycles. The van der Waals surface area contributed by atoms with Gasteiger partial charge in [-0.3, -0.25) is 0 Å². The molecule has 2 aromatic rings. The summed E-state index contributed by atoms with van der Waals surface area (Å²) in [7, 11) is 1.67. The Bertz CT molecular complexity index is 511. The maximum Gasteiger partial charge on any atom is 0.152 e. The normalized spacial score (nSPS) is 11.0. The predicted octanol–water partition coefficient (Wildman–Crippen LogP) is 1.73. The van der Waals surface area contributed by atoms with Gasteiger partial charge in [-0.1, -0.05) is 6.92 Å². The quantitative estimate of drug-likeness (QED) is 0.626. The van der Waals surface area contributed by atoms with Gasteiger partial charge in [-0.15, -0.1) is 11.3 Å². The number of aromatic nitrogens is 2. The lowest BCUT2D eigenvalue weighted by molar-refractivity contribution is 0.200. The molecule has 0 radical (unpaired) electrons. The lowest BCUT2D eigenvalue weighted by atomic mass is 10.3. The molecule has 2 heterocycles. The van der Waals surface area contributed by atoms with Gasteiger partial charge in [-0.05, 0) is 12.5 Å². The zero-order valence-electron chi connectivity index (χ0n) is 9.99. The van der Waals surface area contributed by atoms with Gasteiger partial charge in [0.2, 0.25) is 0 Å². The van der Waals surface area contributed by atoms with Crippen molar-refractivity contribution in [1.29, 1.82) is 0 Å². The van der Waals surface area contributed by atoms with Crippen molar-refractivity contribution in [2.24, 2.45) is 5.84 Å². The molecule has 0 amide bonds. The van der Waals surface area contributed by atoms with Crippen molar-refractivity contribution < 1.29 is 4.74 Å². The van der Waals surface area contributed by atoms with Crippen molar-refractivity contribution >= 4 is 27.4 Å². The molecule has 0 spiro atoms. The van der Waals surface area contributed by atoms with Crippen LogP contribution in [0.15, 0.2) is 6.07 Å². The van der Waals surface area contributed by atoms with Crippen molar-refractivity contribution in [3.8, 4) is 0 Å². The number of hydrogen-bond acceptors (Lipinski definition) is 6. The summed E-state index contributed by atoms with van der Waals surface area (Å²) in [4.78, 5) is 11.2. The van der Waals surface area contributed by atoms with Crippen molar-refractivity contribution in [2.75, 3.05) is 19.1 Å².